The third-order valence-corrected chi connectivity index (χ3v) is 2.99. The maximum atomic E-state index is 13.2. The lowest BCUT2D eigenvalue weighted by Crippen LogP contribution is -2.51. The van der Waals surface area contributed by atoms with Crippen molar-refractivity contribution in [2.24, 2.45) is 5.92 Å². The lowest BCUT2D eigenvalue weighted by Gasteiger charge is -2.26. The summed E-state index contributed by atoms with van der Waals surface area (Å²) in [6.07, 6.45) is -2.59. The number of alkyl halides is 2. The maximum Gasteiger partial charge on any atom is 0.323 e. The zero-order valence-electron chi connectivity index (χ0n) is 7.87. The van der Waals surface area contributed by atoms with E-state index in [0.717, 1.165) is 0 Å². The lowest BCUT2D eigenvalue weighted by atomic mass is 9.98. The highest BCUT2D eigenvalue weighted by Gasteiger charge is 2.56. The Kier molecular flexibility index (Phi) is 2.43. The van der Waals surface area contributed by atoms with Crippen LogP contribution in [0.2, 0.25) is 0 Å². The minimum atomic E-state index is -1.52. The maximum absolute atomic E-state index is 13.2. The van der Waals surface area contributed by atoms with E-state index in [0.29, 0.717) is 6.42 Å². The number of nitrogens with one attached hydrogen (secondary N) is 1. The molecule has 1 heterocycles. The van der Waals surface area contributed by atoms with Gasteiger partial charge in [0.25, 0.3) is 0 Å². The van der Waals surface area contributed by atoms with Crippen LogP contribution in [0.3, 0.4) is 0 Å². The van der Waals surface area contributed by atoms with Crippen molar-refractivity contribution in [2.45, 2.75) is 37.8 Å². The van der Waals surface area contributed by atoms with Gasteiger partial charge in [0.15, 0.2) is 0 Å². The monoisotopic (exact) mass is 205 g/mol. The van der Waals surface area contributed by atoms with Crippen molar-refractivity contribution in [1.82, 2.24) is 5.32 Å². The van der Waals surface area contributed by atoms with Crippen molar-refractivity contribution < 1.29 is 18.3 Å². The summed E-state index contributed by atoms with van der Waals surface area (Å²) in [6, 6.07) is -1.16. The number of piperidine rings is 1. The van der Waals surface area contributed by atoms with Crippen LogP contribution in [-0.4, -0.2) is 37.0 Å². The SMILES string of the molecule is CCOC(=O)[C@H]1N[C@@H]2C[C@@H]1[C@@H](F)[C@H]2F. The molecule has 0 aromatic heterocycles. The van der Waals surface area contributed by atoms with Crippen LogP contribution in [-0.2, 0) is 9.53 Å². The second-order valence-electron chi connectivity index (χ2n) is 3.79. The molecule has 2 fully saturated rings. The Balaban J connectivity index is 2.02. The molecule has 1 aliphatic carbocycles. The van der Waals surface area contributed by atoms with Crippen LogP contribution >= 0.6 is 0 Å². The van der Waals surface area contributed by atoms with Crippen LogP contribution in [0, 0.1) is 5.92 Å². The number of ether oxygens (including phenoxy) is 1. The van der Waals surface area contributed by atoms with Crippen LogP contribution in [0.1, 0.15) is 13.3 Å². The van der Waals surface area contributed by atoms with Gasteiger partial charge in [-0.15, -0.1) is 0 Å². The molecule has 0 radical (unpaired) electrons. The fourth-order valence-electron chi connectivity index (χ4n) is 2.32. The Morgan fingerprint density at radius 2 is 2.21 bits per heavy atom. The van der Waals surface area contributed by atoms with Crippen molar-refractivity contribution in [3.05, 3.63) is 0 Å². The van der Waals surface area contributed by atoms with E-state index in [1.54, 1.807) is 6.92 Å². The summed E-state index contributed by atoms with van der Waals surface area (Å²) in [5.74, 6) is -1.01. The van der Waals surface area contributed by atoms with Crippen molar-refractivity contribution in [3.63, 3.8) is 0 Å². The molecule has 1 saturated carbocycles. The van der Waals surface area contributed by atoms with E-state index in [-0.39, 0.29) is 6.61 Å². The minimum Gasteiger partial charge on any atom is -0.465 e. The quantitative estimate of drug-likeness (QED) is 0.670. The third-order valence-electron chi connectivity index (χ3n) is 2.99. The van der Waals surface area contributed by atoms with Gasteiger partial charge in [-0.25, -0.2) is 8.78 Å². The minimum absolute atomic E-state index is 0.268. The van der Waals surface area contributed by atoms with Crippen LogP contribution in [0.15, 0.2) is 0 Å². The first-order valence-electron chi connectivity index (χ1n) is 4.86. The van der Waals surface area contributed by atoms with Crippen LogP contribution in [0.25, 0.3) is 0 Å². The lowest BCUT2D eigenvalue weighted by molar-refractivity contribution is -0.148. The molecule has 5 atom stereocenters. The van der Waals surface area contributed by atoms with Crippen molar-refractivity contribution in [2.75, 3.05) is 6.61 Å². The molecule has 0 amide bonds. The highest BCUT2D eigenvalue weighted by atomic mass is 19.2. The first-order valence-corrected chi connectivity index (χ1v) is 4.86. The summed E-state index contributed by atoms with van der Waals surface area (Å²) in [4.78, 5) is 11.3. The topological polar surface area (TPSA) is 38.3 Å². The normalized spacial score (nSPS) is 45.5. The van der Waals surface area contributed by atoms with E-state index < -0.39 is 36.3 Å². The van der Waals surface area contributed by atoms with Gasteiger partial charge in [-0.1, -0.05) is 0 Å². The number of fused-ring (bicyclic) bond motifs is 2. The first-order chi connectivity index (χ1) is 6.65. The molecule has 0 aromatic carbocycles. The Morgan fingerprint density at radius 1 is 1.50 bits per heavy atom. The van der Waals surface area contributed by atoms with Gasteiger partial charge >= 0.3 is 5.97 Å². The fraction of sp³-hybridized carbons (Fsp3) is 0.889. The Morgan fingerprint density at radius 3 is 2.71 bits per heavy atom. The molecule has 80 valence electrons. The van der Waals surface area contributed by atoms with Gasteiger partial charge in [0.05, 0.1) is 6.61 Å². The average molecular weight is 205 g/mol. The molecule has 0 spiro atoms. The molecule has 0 unspecified atom stereocenters. The average Bonchev–Trinajstić information content (AvgIpc) is 2.68. The molecule has 1 aliphatic heterocycles. The molecule has 2 bridgehead atoms. The summed E-state index contributed by atoms with van der Waals surface area (Å²) in [5.41, 5.74) is 0. The van der Waals surface area contributed by atoms with Gasteiger partial charge in [0, 0.05) is 12.0 Å². The van der Waals surface area contributed by atoms with Crippen LogP contribution in [0.4, 0.5) is 8.78 Å². The second kappa shape index (κ2) is 3.46. The summed E-state index contributed by atoms with van der Waals surface area (Å²) < 4.78 is 31.1. The van der Waals surface area contributed by atoms with E-state index in [4.69, 9.17) is 4.74 Å². The number of rotatable bonds is 2. The van der Waals surface area contributed by atoms with Crippen LogP contribution in [0.5, 0.6) is 0 Å². The second-order valence-corrected chi connectivity index (χ2v) is 3.79. The number of halogens is 2. The smallest absolute Gasteiger partial charge is 0.323 e. The van der Waals surface area contributed by atoms with Crippen molar-refractivity contribution >= 4 is 5.97 Å². The van der Waals surface area contributed by atoms with E-state index in [9.17, 15) is 13.6 Å². The Bertz CT molecular complexity index is 247. The number of hydrogen-bond acceptors (Lipinski definition) is 3. The molecule has 14 heavy (non-hydrogen) atoms. The molecule has 2 rings (SSSR count). The van der Waals surface area contributed by atoms with Gasteiger partial charge in [-0.05, 0) is 13.3 Å². The highest BCUT2D eigenvalue weighted by molar-refractivity contribution is 5.77. The number of hydrogen-bond donors (Lipinski definition) is 1. The molecular formula is C9H13F2NO2. The van der Waals surface area contributed by atoms with E-state index in [1.807, 2.05) is 0 Å². The highest BCUT2D eigenvalue weighted by Crippen LogP contribution is 2.39. The van der Waals surface area contributed by atoms with E-state index >= 15 is 0 Å². The first kappa shape index (κ1) is 9.83. The number of esters is 1. The van der Waals surface area contributed by atoms with E-state index in [1.165, 1.54) is 0 Å². The summed E-state index contributed by atoms with van der Waals surface area (Å²) in [6.45, 7) is 1.96. The van der Waals surface area contributed by atoms with Crippen molar-refractivity contribution in [1.29, 1.82) is 0 Å². The summed E-state index contributed by atoms with van der Waals surface area (Å²) >= 11 is 0. The van der Waals surface area contributed by atoms with Gasteiger partial charge in [0.2, 0.25) is 0 Å². The van der Waals surface area contributed by atoms with Crippen LogP contribution < -0.4 is 5.32 Å². The molecule has 5 heteroatoms. The zero-order valence-corrected chi connectivity index (χ0v) is 7.87. The molecule has 3 nitrogen and oxygen atoms in total. The molecule has 2 aliphatic rings. The summed E-state index contributed by atoms with van der Waals surface area (Å²) in [5, 5.41) is 2.77. The van der Waals surface area contributed by atoms with Gasteiger partial charge in [0.1, 0.15) is 18.4 Å². The Hall–Kier alpha value is -0.710. The fourth-order valence-corrected chi connectivity index (χ4v) is 2.32. The predicted octanol–water partition coefficient (Wildman–Crippen LogP) is 0.586. The van der Waals surface area contributed by atoms with Crippen molar-refractivity contribution in [3.8, 4) is 0 Å². The molecular weight excluding hydrogens is 192 g/mol. The van der Waals surface area contributed by atoms with Gasteiger partial charge in [-0.2, -0.15) is 0 Å². The zero-order chi connectivity index (χ0) is 10.3. The van der Waals surface area contributed by atoms with Gasteiger partial charge in [-0.3, -0.25) is 10.1 Å². The third kappa shape index (κ3) is 1.30. The molecule has 0 aromatic rings. The number of carbonyl (C=O) groups excluding carboxylic acids is 1. The number of carbonyl (C=O) groups is 1. The largest absolute Gasteiger partial charge is 0.465 e. The Labute approximate surface area is 80.8 Å². The molecule has 1 N–H and O–H groups in total. The van der Waals surface area contributed by atoms with Gasteiger partial charge < -0.3 is 4.74 Å². The predicted molar refractivity (Wildman–Crippen MR) is 45.2 cm³/mol. The summed E-state index contributed by atoms with van der Waals surface area (Å²) in [7, 11) is 0. The standard InChI is InChI=1S/C9H13F2NO2/c1-2-14-9(13)8-4-3-5(12-8)7(11)6(4)10/h4-8,12H,2-3H2,1H3/t4-,5-,6-,7+,8+/m1/s1. The molecule has 1 saturated heterocycles. The van der Waals surface area contributed by atoms with E-state index in [2.05, 4.69) is 5.32 Å².